The molecule has 2 N–H and O–H groups in total. The van der Waals surface area contributed by atoms with E-state index in [0.717, 1.165) is 27.6 Å². The van der Waals surface area contributed by atoms with Gasteiger partial charge in [-0.15, -0.1) is 21.5 Å². The Morgan fingerprint density at radius 1 is 1.13 bits per heavy atom. The van der Waals surface area contributed by atoms with Crippen LogP contribution in [0.4, 0.5) is 0 Å². The number of amides is 1. The highest BCUT2D eigenvalue weighted by Crippen LogP contribution is 2.32. The first-order valence-corrected chi connectivity index (χ1v) is 12.0. The van der Waals surface area contributed by atoms with Gasteiger partial charge in [-0.1, -0.05) is 36.4 Å². The van der Waals surface area contributed by atoms with Crippen molar-refractivity contribution in [3.05, 3.63) is 65.3 Å². The van der Waals surface area contributed by atoms with Gasteiger partial charge in [-0.3, -0.25) is 4.79 Å². The predicted molar refractivity (Wildman–Crippen MR) is 117 cm³/mol. The van der Waals surface area contributed by atoms with E-state index in [0.29, 0.717) is 5.01 Å². The van der Waals surface area contributed by atoms with Crippen molar-refractivity contribution in [2.45, 2.75) is 19.5 Å². The Balaban J connectivity index is 1.66. The van der Waals surface area contributed by atoms with E-state index in [9.17, 15) is 13.2 Å². The van der Waals surface area contributed by atoms with Gasteiger partial charge in [-0.25, -0.2) is 18.1 Å². The van der Waals surface area contributed by atoms with E-state index in [1.165, 1.54) is 18.3 Å². The summed E-state index contributed by atoms with van der Waals surface area (Å²) in [6.45, 7) is 1.25. The maximum absolute atomic E-state index is 11.8. The third-order valence-electron chi connectivity index (χ3n) is 4.32. The molecule has 0 fully saturated rings. The molecule has 1 atom stereocenters. The number of thiazole rings is 1. The molecular weight excluding hydrogens is 438 g/mol. The van der Waals surface area contributed by atoms with Crippen molar-refractivity contribution in [3.8, 4) is 11.1 Å². The Morgan fingerprint density at radius 2 is 1.90 bits per heavy atom. The fourth-order valence-electron chi connectivity index (χ4n) is 2.96. The van der Waals surface area contributed by atoms with Crippen LogP contribution >= 0.6 is 11.3 Å². The first-order valence-electron chi connectivity index (χ1n) is 9.28. The van der Waals surface area contributed by atoms with Gasteiger partial charge in [0.05, 0.1) is 23.0 Å². The molecule has 0 bridgehead atoms. The summed E-state index contributed by atoms with van der Waals surface area (Å²) < 4.78 is 31.4. The van der Waals surface area contributed by atoms with Crippen LogP contribution in [0.25, 0.3) is 21.3 Å². The molecule has 0 aliphatic rings. The number of fused-ring (bicyclic) bond motifs is 1. The lowest BCUT2D eigenvalue weighted by molar-refractivity contribution is -0.119. The summed E-state index contributed by atoms with van der Waals surface area (Å²) in [6, 6.07) is 15.2. The van der Waals surface area contributed by atoms with Crippen molar-refractivity contribution in [2.24, 2.45) is 0 Å². The summed E-state index contributed by atoms with van der Waals surface area (Å²) >= 11 is 1.41. The Bertz CT molecular complexity index is 1330. The topological polar surface area (TPSA) is 127 Å². The number of nitrogens with one attached hydrogen (secondary N) is 2. The number of carbonyl (C=O) groups is 1. The molecule has 0 saturated carbocycles. The number of benzene rings is 2. The van der Waals surface area contributed by atoms with E-state index in [1.807, 2.05) is 48.5 Å². The van der Waals surface area contributed by atoms with Crippen LogP contribution in [0.15, 0.2) is 52.9 Å². The first kappa shape index (κ1) is 21.1. The predicted octanol–water partition coefficient (Wildman–Crippen LogP) is 2.62. The molecule has 2 aromatic heterocycles. The quantitative estimate of drug-likeness (QED) is 0.437. The molecule has 0 spiro atoms. The summed E-state index contributed by atoms with van der Waals surface area (Å²) in [5.41, 5.74) is 2.94. The van der Waals surface area contributed by atoms with Gasteiger partial charge in [0.15, 0.2) is 6.04 Å². The second-order valence-electron chi connectivity index (χ2n) is 6.86. The first-order chi connectivity index (χ1) is 14.8. The van der Waals surface area contributed by atoms with E-state index in [2.05, 4.69) is 25.2 Å². The molecule has 160 valence electrons. The molecule has 2 aromatic carbocycles. The van der Waals surface area contributed by atoms with Crippen molar-refractivity contribution in [1.82, 2.24) is 25.2 Å². The molecule has 31 heavy (non-hydrogen) atoms. The molecule has 0 radical (unpaired) electrons. The van der Waals surface area contributed by atoms with Gasteiger partial charge in [0.2, 0.25) is 27.7 Å². The van der Waals surface area contributed by atoms with E-state index in [-0.39, 0.29) is 24.2 Å². The van der Waals surface area contributed by atoms with Crippen LogP contribution < -0.4 is 10.0 Å². The van der Waals surface area contributed by atoms with Gasteiger partial charge in [-0.05, 0) is 23.3 Å². The lowest BCUT2D eigenvalue weighted by Crippen LogP contribution is -2.27. The minimum absolute atomic E-state index is 0.0863. The molecule has 11 heteroatoms. The number of hydrogen-bond donors (Lipinski definition) is 2. The fourth-order valence-corrected chi connectivity index (χ4v) is 4.39. The zero-order chi connectivity index (χ0) is 22.0. The molecule has 1 unspecified atom stereocenters. The zero-order valence-electron chi connectivity index (χ0n) is 16.7. The standard InChI is InChI=1S/C20H19N5O4S2/c1-12(26)22-18(19-25-24-17(29-19)11-21-31(2,27)28)20-23-15-9-8-14(10-16(15)30-20)13-6-4-3-5-7-13/h3-10,18,21H,11H2,1-2H3,(H,22,26). The number of hydrogen-bond acceptors (Lipinski definition) is 8. The smallest absolute Gasteiger partial charge is 0.245 e. The Kier molecular flexibility index (Phi) is 5.81. The second kappa shape index (κ2) is 8.53. The van der Waals surface area contributed by atoms with Crippen molar-refractivity contribution in [1.29, 1.82) is 0 Å². The van der Waals surface area contributed by atoms with Crippen molar-refractivity contribution >= 4 is 37.5 Å². The summed E-state index contributed by atoms with van der Waals surface area (Å²) in [4.78, 5) is 16.4. The molecule has 2 heterocycles. The van der Waals surface area contributed by atoms with Crippen LogP contribution in [-0.4, -0.2) is 35.8 Å². The zero-order valence-corrected chi connectivity index (χ0v) is 18.3. The molecule has 0 aliphatic heterocycles. The molecule has 4 aromatic rings. The van der Waals surface area contributed by atoms with Crippen molar-refractivity contribution < 1.29 is 17.6 Å². The minimum Gasteiger partial charge on any atom is -0.421 e. The van der Waals surface area contributed by atoms with Gasteiger partial charge in [-0.2, -0.15) is 0 Å². The third-order valence-corrected chi connectivity index (χ3v) is 6.07. The van der Waals surface area contributed by atoms with Crippen LogP contribution in [0.2, 0.25) is 0 Å². The summed E-state index contributed by atoms with van der Waals surface area (Å²) in [6.07, 6.45) is 1.04. The highest BCUT2D eigenvalue weighted by molar-refractivity contribution is 7.88. The Hall–Kier alpha value is -3.15. The Labute approximate surface area is 182 Å². The summed E-state index contributed by atoms with van der Waals surface area (Å²) in [5, 5.41) is 11.2. The fraction of sp³-hybridized carbons (Fsp3) is 0.200. The maximum atomic E-state index is 11.8. The van der Waals surface area contributed by atoms with E-state index < -0.39 is 16.1 Å². The van der Waals surface area contributed by atoms with Crippen molar-refractivity contribution in [3.63, 3.8) is 0 Å². The highest BCUT2D eigenvalue weighted by Gasteiger charge is 2.25. The van der Waals surface area contributed by atoms with Gasteiger partial charge in [0, 0.05) is 6.92 Å². The van der Waals surface area contributed by atoms with E-state index in [4.69, 9.17) is 4.42 Å². The lowest BCUT2D eigenvalue weighted by atomic mass is 10.1. The number of carbonyl (C=O) groups excluding carboxylic acids is 1. The lowest BCUT2D eigenvalue weighted by Gasteiger charge is -2.10. The SMILES string of the molecule is CC(=O)NC(c1nnc(CNS(C)(=O)=O)o1)c1nc2ccc(-c3ccccc3)cc2s1. The van der Waals surface area contributed by atoms with Gasteiger partial charge >= 0.3 is 0 Å². The molecule has 9 nitrogen and oxygen atoms in total. The highest BCUT2D eigenvalue weighted by atomic mass is 32.2. The van der Waals surface area contributed by atoms with Gasteiger partial charge < -0.3 is 9.73 Å². The molecular formula is C20H19N5O4S2. The monoisotopic (exact) mass is 457 g/mol. The van der Waals surface area contributed by atoms with Gasteiger partial charge in [0.25, 0.3) is 0 Å². The van der Waals surface area contributed by atoms with Gasteiger partial charge in [0.1, 0.15) is 5.01 Å². The minimum atomic E-state index is -3.41. The largest absolute Gasteiger partial charge is 0.421 e. The van der Waals surface area contributed by atoms with Crippen LogP contribution in [0.3, 0.4) is 0 Å². The second-order valence-corrected chi connectivity index (χ2v) is 9.76. The van der Waals surface area contributed by atoms with Crippen LogP contribution in [0.1, 0.15) is 29.8 Å². The molecule has 0 saturated heterocycles. The number of sulfonamides is 1. The van der Waals surface area contributed by atoms with E-state index in [1.54, 1.807) is 0 Å². The number of rotatable bonds is 7. The molecule has 4 rings (SSSR count). The van der Waals surface area contributed by atoms with Crippen molar-refractivity contribution in [2.75, 3.05) is 6.26 Å². The van der Waals surface area contributed by atoms with Crippen LogP contribution in [0.5, 0.6) is 0 Å². The summed E-state index contributed by atoms with van der Waals surface area (Å²) in [7, 11) is -3.41. The van der Waals surface area contributed by atoms with Crippen LogP contribution in [-0.2, 0) is 21.4 Å². The average Bonchev–Trinajstić information content (AvgIpc) is 3.37. The average molecular weight is 458 g/mol. The number of nitrogens with zero attached hydrogens (tertiary/aromatic N) is 3. The number of aromatic nitrogens is 3. The molecule has 0 aliphatic carbocycles. The third kappa shape index (κ3) is 5.13. The van der Waals surface area contributed by atoms with E-state index >= 15 is 0 Å². The summed E-state index contributed by atoms with van der Waals surface area (Å²) in [5.74, 6) is -0.0747. The normalized spacial score (nSPS) is 12.7. The Morgan fingerprint density at radius 3 is 2.61 bits per heavy atom. The molecule has 1 amide bonds. The maximum Gasteiger partial charge on any atom is 0.245 e. The van der Waals surface area contributed by atoms with Crippen LogP contribution in [0, 0.1) is 0 Å².